The Morgan fingerprint density at radius 2 is 1.88 bits per heavy atom. The lowest BCUT2D eigenvalue weighted by Crippen LogP contribution is -2.28. The zero-order valence-electron chi connectivity index (χ0n) is 9.88. The zero-order chi connectivity index (χ0) is 12.7. The van der Waals surface area contributed by atoms with Crippen molar-refractivity contribution in [3.63, 3.8) is 0 Å². The van der Waals surface area contributed by atoms with E-state index in [2.05, 4.69) is 16.0 Å². The predicted molar refractivity (Wildman–Crippen MR) is 69.5 cm³/mol. The first-order valence-corrected chi connectivity index (χ1v) is 5.63. The summed E-state index contributed by atoms with van der Waals surface area (Å²) in [5.74, 6) is -0.156. The van der Waals surface area contributed by atoms with E-state index in [4.69, 9.17) is 11.6 Å². The fourth-order valence-corrected chi connectivity index (χ4v) is 1.39. The molecule has 0 aromatic heterocycles. The van der Waals surface area contributed by atoms with Crippen molar-refractivity contribution >= 4 is 17.5 Å². The number of carbonyl (C=O) groups is 1. The summed E-state index contributed by atoms with van der Waals surface area (Å²) in [6.07, 6.45) is 1.65. The van der Waals surface area contributed by atoms with Crippen LogP contribution in [-0.2, 0) is 11.3 Å². The SMILES string of the molecule is CNC(=O)/C(=C\NCc1ccc(Cl)cc1)NC. The van der Waals surface area contributed by atoms with Gasteiger partial charge in [0.25, 0.3) is 5.91 Å². The summed E-state index contributed by atoms with van der Waals surface area (Å²) >= 11 is 5.78. The summed E-state index contributed by atoms with van der Waals surface area (Å²) < 4.78 is 0. The van der Waals surface area contributed by atoms with Crippen LogP contribution < -0.4 is 16.0 Å². The summed E-state index contributed by atoms with van der Waals surface area (Å²) in [7, 11) is 3.29. The highest BCUT2D eigenvalue weighted by atomic mass is 35.5. The van der Waals surface area contributed by atoms with Gasteiger partial charge in [-0.05, 0) is 17.7 Å². The number of nitrogens with one attached hydrogen (secondary N) is 3. The van der Waals surface area contributed by atoms with Crippen molar-refractivity contribution < 1.29 is 4.79 Å². The first kappa shape index (κ1) is 13.4. The third-order valence-electron chi connectivity index (χ3n) is 2.21. The summed E-state index contributed by atoms with van der Waals surface area (Å²) in [6, 6.07) is 7.53. The number of carbonyl (C=O) groups excluding carboxylic acids is 1. The molecule has 17 heavy (non-hydrogen) atoms. The van der Waals surface area contributed by atoms with Gasteiger partial charge in [0.2, 0.25) is 0 Å². The van der Waals surface area contributed by atoms with E-state index < -0.39 is 0 Å². The Morgan fingerprint density at radius 1 is 1.24 bits per heavy atom. The molecule has 0 aliphatic heterocycles. The molecule has 0 unspecified atom stereocenters. The Morgan fingerprint density at radius 3 is 2.41 bits per heavy atom. The second-order valence-corrected chi connectivity index (χ2v) is 3.83. The summed E-state index contributed by atoms with van der Waals surface area (Å²) in [5, 5.41) is 9.13. The summed E-state index contributed by atoms with van der Waals surface area (Å²) in [4.78, 5) is 11.3. The van der Waals surface area contributed by atoms with Crippen LogP contribution >= 0.6 is 11.6 Å². The van der Waals surface area contributed by atoms with Crippen LogP contribution in [0.2, 0.25) is 5.02 Å². The van der Waals surface area contributed by atoms with Crippen LogP contribution in [0.4, 0.5) is 0 Å². The molecular formula is C12H16ClN3O. The quantitative estimate of drug-likeness (QED) is 0.692. The molecule has 1 aromatic rings. The molecule has 0 aliphatic carbocycles. The molecule has 0 aliphatic rings. The molecule has 0 bridgehead atoms. The van der Waals surface area contributed by atoms with Crippen LogP contribution in [-0.4, -0.2) is 20.0 Å². The number of hydrogen-bond donors (Lipinski definition) is 3. The molecule has 92 valence electrons. The Hall–Kier alpha value is -1.68. The van der Waals surface area contributed by atoms with Gasteiger partial charge in [-0.25, -0.2) is 0 Å². The van der Waals surface area contributed by atoms with Crippen molar-refractivity contribution in [1.82, 2.24) is 16.0 Å². The van der Waals surface area contributed by atoms with Crippen molar-refractivity contribution in [2.75, 3.05) is 14.1 Å². The van der Waals surface area contributed by atoms with E-state index in [0.717, 1.165) is 5.56 Å². The van der Waals surface area contributed by atoms with E-state index in [1.807, 2.05) is 24.3 Å². The molecule has 0 saturated heterocycles. The van der Waals surface area contributed by atoms with Crippen LogP contribution in [0, 0.1) is 0 Å². The minimum Gasteiger partial charge on any atom is -0.385 e. The van der Waals surface area contributed by atoms with E-state index >= 15 is 0 Å². The highest BCUT2D eigenvalue weighted by Gasteiger charge is 2.03. The van der Waals surface area contributed by atoms with Gasteiger partial charge in [-0.2, -0.15) is 0 Å². The average molecular weight is 254 g/mol. The molecule has 1 amide bonds. The van der Waals surface area contributed by atoms with Gasteiger partial charge in [0.15, 0.2) is 0 Å². The van der Waals surface area contributed by atoms with E-state index in [-0.39, 0.29) is 5.91 Å². The van der Waals surface area contributed by atoms with Crippen molar-refractivity contribution in [1.29, 1.82) is 0 Å². The number of amides is 1. The molecule has 0 atom stereocenters. The maximum absolute atomic E-state index is 11.3. The molecule has 0 heterocycles. The van der Waals surface area contributed by atoms with Crippen LogP contribution in [0.3, 0.4) is 0 Å². The maximum atomic E-state index is 11.3. The predicted octanol–water partition coefficient (Wildman–Crippen LogP) is 1.24. The number of likely N-dealkylation sites (N-methyl/N-ethyl adjacent to an activating group) is 2. The van der Waals surface area contributed by atoms with Crippen molar-refractivity contribution in [2.45, 2.75) is 6.54 Å². The van der Waals surface area contributed by atoms with Gasteiger partial charge in [0.1, 0.15) is 5.70 Å². The molecular weight excluding hydrogens is 238 g/mol. The standard InChI is InChI=1S/C12H16ClN3O/c1-14-11(12(17)15-2)8-16-7-9-3-5-10(13)6-4-9/h3-6,8,14,16H,7H2,1-2H3,(H,15,17)/b11-8+. The van der Waals surface area contributed by atoms with Gasteiger partial charge in [0.05, 0.1) is 0 Å². The molecule has 3 N–H and O–H groups in total. The molecule has 4 nitrogen and oxygen atoms in total. The van der Waals surface area contributed by atoms with E-state index in [0.29, 0.717) is 17.3 Å². The maximum Gasteiger partial charge on any atom is 0.268 e. The Bertz CT molecular complexity index is 401. The first-order chi connectivity index (χ1) is 8.17. The van der Waals surface area contributed by atoms with Crippen molar-refractivity contribution in [2.24, 2.45) is 0 Å². The molecule has 0 fully saturated rings. The van der Waals surface area contributed by atoms with Gasteiger partial charge in [-0.15, -0.1) is 0 Å². The van der Waals surface area contributed by atoms with Crippen LogP contribution in [0.1, 0.15) is 5.56 Å². The van der Waals surface area contributed by atoms with Gasteiger partial charge in [0, 0.05) is 31.9 Å². The number of halogens is 1. The van der Waals surface area contributed by atoms with Crippen molar-refractivity contribution in [3.8, 4) is 0 Å². The first-order valence-electron chi connectivity index (χ1n) is 5.25. The second-order valence-electron chi connectivity index (χ2n) is 3.39. The molecule has 0 saturated carbocycles. The molecule has 1 aromatic carbocycles. The lowest BCUT2D eigenvalue weighted by Gasteiger charge is -2.06. The summed E-state index contributed by atoms with van der Waals surface area (Å²) in [5.41, 5.74) is 1.58. The third kappa shape index (κ3) is 4.36. The van der Waals surface area contributed by atoms with Gasteiger partial charge < -0.3 is 16.0 Å². The smallest absolute Gasteiger partial charge is 0.268 e. The number of hydrogen-bond acceptors (Lipinski definition) is 3. The van der Waals surface area contributed by atoms with Crippen LogP contribution in [0.25, 0.3) is 0 Å². The van der Waals surface area contributed by atoms with E-state index in [9.17, 15) is 4.79 Å². The summed E-state index contributed by atoms with van der Waals surface area (Å²) in [6.45, 7) is 0.638. The third-order valence-corrected chi connectivity index (χ3v) is 2.46. The normalized spacial score (nSPS) is 10.9. The monoisotopic (exact) mass is 253 g/mol. The van der Waals surface area contributed by atoms with E-state index in [1.54, 1.807) is 20.3 Å². The fraction of sp³-hybridized carbons (Fsp3) is 0.250. The Kier molecular flexibility index (Phi) is 5.36. The lowest BCUT2D eigenvalue weighted by atomic mass is 10.2. The van der Waals surface area contributed by atoms with Crippen LogP contribution in [0.15, 0.2) is 36.2 Å². The highest BCUT2D eigenvalue weighted by Crippen LogP contribution is 2.09. The number of benzene rings is 1. The second kappa shape index (κ2) is 6.81. The lowest BCUT2D eigenvalue weighted by molar-refractivity contribution is -0.117. The molecule has 1 rings (SSSR count). The minimum absolute atomic E-state index is 0.156. The van der Waals surface area contributed by atoms with E-state index in [1.165, 1.54) is 0 Å². The van der Waals surface area contributed by atoms with Crippen LogP contribution in [0.5, 0.6) is 0 Å². The average Bonchev–Trinajstić information content (AvgIpc) is 2.36. The minimum atomic E-state index is -0.156. The fourth-order valence-electron chi connectivity index (χ4n) is 1.26. The molecule has 0 spiro atoms. The molecule has 0 radical (unpaired) electrons. The highest BCUT2D eigenvalue weighted by molar-refractivity contribution is 6.30. The molecule has 5 heteroatoms. The van der Waals surface area contributed by atoms with Gasteiger partial charge in [-0.3, -0.25) is 4.79 Å². The largest absolute Gasteiger partial charge is 0.385 e. The number of rotatable bonds is 5. The Labute approximate surface area is 106 Å². The topological polar surface area (TPSA) is 53.2 Å². The van der Waals surface area contributed by atoms with Gasteiger partial charge >= 0.3 is 0 Å². The zero-order valence-corrected chi connectivity index (χ0v) is 10.6. The Balaban J connectivity index is 2.53. The van der Waals surface area contributed by atoms with Gasteiger partial charge in [-0.1, -0.05) is 23.7 Å². The van der Waals surface area contributed by atoms with Crippen molar-refractivity contribution in [3.05, 3.63) is 46.7 Å².